The Kier molecular flexibility index (Phi) is 6.01. The summed E-state index contributed by atoms with van der Waals surface area (Å²) in [5.41, 5.74) is 0.322. The van der Waals surface area contributed by atoms with Crippen LogP contribution in [-0.4, -0.2) is 23.7 Å². The fraction of sp³-hybridized carbons (Fsp3) is 0.241. The van der Waals surface area contributed by atoms with Crippen LogP contribution in [0.15, 0.2) is 54.7 Å². The average molecular weight is 524 g/mol. The number of halogens is 5. The number of benzene rings is 3. The Bertz CT molecular complexity index is 1590. The first-order valence-electron chi connectivity index (χ1n) is 12.2. The first-order chi connectivity index (χ1) is 18.3. The second kappa shape index (κ2) is 9.38. The highest BCUT2D eigenvalue weighted by Gasteiger charge is 2.36. The molecule has 1 aromatic heterocycles. The number of hydrogen-bond donors (Lipinski definition) is 1. The molecule has 3 aromatic carbocycles. The number of carbonyl (C=O) groups is 1. The van der Waals surface area contributed by atoms with Gasteiger partial charge in [0.25, 0.3) is 5.91 Å². The largest absolute Gasteiger partial charge is 0.493 e. The number of hydrogen-bond acceptors (Lipinski definition) is 3. The van der Waals surface area contributed by atoms with Crippen molar-refractivity contribution in [2.24, 2.45) is 0 Å². The molecule has 1 N–H and O–H groups in total. The molecule has 1 amide bonds. The summed E-state index contributed by atoms with van der Waals surface area (Å²) >= 11 is 0. The minimum atomic E-state index is -1.47. The van der Waals surface area contributed by atoms with Crippen molar-refractivity contribution < 1.29 is 31.5 Å². The van der Waals surface area contributed by atoms with Crippen LogP contribution in [-0.2, 0) is 0 Å². The van der Waals surface area contributed by atoms with E-state index in [9.17, 15) is 22.4 Å². The van der Waals surface area contributed by atoms with Crippen LogP contribution in [0.25, 0.3) is 22.0 Å². The summed E-state index contributed by atoms with van der Waals surface area (Å²) in [7, 11) is 0. The predicted molar refractivity (Wildman–Crippen MR) is 131 cm³/mol. The Morgan fingerprint density at radius 2 is 1.79 bits per heavy atom. The average Bonchev–Trinajstić information content (AvgIpc) is 2.88. The molecule has 1 aliphatic carbocycles. The van der Waals surface area contributed by atoms with Gasteiger partial charge in [-0.15, -0.1) is 0 Å². The van der Waals surface area contributed by atoms with E-state index in [1.165, 1.54) is 12.3 Å². The van der Waals surface area contributed by atoms with E-state index in [0.717, 1.165) is 11.6 Å². The molecule has 6 rings (SSSR count). The number of para-hydroxylation sites is 1. The van der Waals surface area contributed by atoms with Crippen LogP contribution in [0.3, 0.4) is 0 Å². The van der Waals surface area contributed by atoms with E-state index in [0.29, 0.717) is 41.9 Å². The minimum Gasteiger partial charge on any atom is -0.493 e. The van der Waals surface area contributed by atoms with Gasteiger partial charge >= 0.3 is 0 Å². The van der Waals surface area contributed by atoms with Crippen molar-refractivity contribution in [3.05, 3.63) is 94.7 Å². The highest BCUT2D eigenvalue weighted by atomic mass is 19.2. The summed E-state index contributed by atoms with van der Waals surface area (Å²) in [4.78, 5) is 17.8. The zero-order valence-corrected chi connectivity index (χ0v) is 19.9. The molecule has 4 aromatic rings. The maximum absolute atomic E-state index is 15.0. The van der Waals surface area contributed by atoms with E-state index in [1.54, 1.807) is 0 Å². The predicted octanol–water partition coefficient (Wildman–Crippen LogP) is 6.93. The van der Waals surface area contributed by atoms with Gasteiger partial charge in [0, 0.05) is 40.8 Å². The third-order valence-corrected chi connectivity index (χ3v) is 7.29. The summed E-state index contributed by atoms with van der Waals surface area (Å²) in [6, 6.07) is 10.5. The molecule has 0 spiro atoms. The van der Waals surface area contributed by atoms with Crippen LogP contribution in [0, 0.1) is 23.3 Å². The Morgan fingerprint density at radius 3 is 2.58 bits per heavy atom. The Morgan fingerprint density at radius 1 is 1.00 bits per heavy atom. The summed E-state index contributed by atoms with van der Waals surface area (Å²) < 4.78 is 77.3. The van der Waals surface area contributed by atoms with E-state index in [-0.39, 0.29) is 35.9 Å². The van der Waals surface area contributed by atoms with Crippen LogP contribution >= 0.6 is 0 Å². The van der Waals surface area contributed by atoms with E-state index in [4.69, 9.17) is 4.74 Å². The third-order valence-electron chi connectivity index (χ3n) is 7.29. The SMILES string of the molecule is O=C(N[C@H]1CCOc2ccccc21)c1cnc2c(-c3cc(F)cc(F)c3F)c(F)ccc2c1C1CC(F)C1. The molecule has 1 atom stereocenters. The van der Waals surface area contributed by atoms with Gasteiger partial charge in [0.05, 0.1) is 23.7 Å². The van der Waals surface area contributed by atoms with Crippen molar-refractivity contribution in [1.82, 2.24) is 10.3 Å². The van der Waals surface area contributed by atoms with E-state index >= 15 is 4.39 Å². The lowest BCUT2D eigenvalue weighted by molar-refractivity contribution is 0.0920. The Labute approximate surface area is 214 Å². The van der Waals surface area contributed by atoms with Gasteiger partial charge in [0.15, 0.2) is 11.6 Å². The van der Waals surface area contributed by atoms with Crippen LogP contribution < -0.4 is 10.1 Å². The molecule has 9 heteroatoms. The lowest BCUT2D eigenvalue weighted by atomic mass is 9.75. The fourth-order valence-corrected chi connectivity index (χ4v) is 5.39. The molecular formula is C29H21F5N2O2. The van der Waals surface area contributed by atoms with Gasteiger partial charge in [0.2, 0.25) is 0 Å². The molecule has 38 heavy (non-hydrogen) atoms. The maximum Gasteiger partial charge on any atom is 0.253 e. The number of pyridine rings is 1. The highest BCUT2D eigenvalue weighted by Crippen LogP contribution is 2.45. The standard InChI is InChI=1S/C29H21F5N2O2/c30-15-9-14(10-15)25-18-5-6-21(32)26(19-11-16(31)12-22(33)27(19)34)28(18)35-13-20(25)29(37)36-23-7-8-38-24-4-2-1-3-17(23)24/h1-6,11-15,23H,7-10H2,(H,36,37)/t14?,15?,23-/m0/s1. The van der Waals surface area contributed by atoms with Gasteiger partial charge in [-0.25, -0.2) is 22.0 Å². The number of fused-ring (bicyclic) bond motifs is 2. The fourth-order valence-electron chi connectivity index (χ4n) is 5.39. The summed E-state index contributed by atoms with van der Waals surface area (Å²) in [5, 5.41) is 3.30. The lowest BCUT2D eigenvalue weighted by Gasteiger charge is -2.33. The zero-order valence-electron chi connectivity index (χ0n) is 19.9. The number of nitrogens with zero attached hydrogens (tertiary/aromatic N) is 1. The molecule has 0 unspecified atom stereocenters. The number of amides is 1. The van der Waals surface area contributed by atoms with Gasteiger partial charge in [-0.2, -0.15) is 0 Å². The first kappa shape index (κ1) is 24.3. The van der Waals surface area contributed by atoms with Crippen molar-refractivity contribution in [3.8, 4) is 16.9 Å². The molecule has 2 aliphatic rings. The lowest BCUT2D eigenvalue weighted by Crippen LogP contribution is -2.34. The molecule has 194 valence electrons. The minimum absolute atomic E-state index is 0.0702. The number of alkyl halides is 1. The molecule has 1 saturated carbocycles. The van der Waals surface area contributed by atoms with Crippen LogP contribution in [0.4, 0.5) is 22.0 Å². The molecule has 0 bridgehead atoms. The van der Waals surface area contributed by atoms with E-state index < -0.39 is 46.5 Å². The second-order valence-corrected chi connectivity index (χ2v) is 9.62. The summed E-state index contributed by atoms with van der Waals surface area (Å²) in [6.07, 6.45) is 1.01. The molecule has 1 fully saturated rings. The monoisotopic (exact) mass is 524 g/mol. The third kappa shape index (κ3) is 4.06. The molecule has 4 nitrogen and oxygen atoms in total. The number of ether oxygens (including phenoxy) is 1. The zero-order chi connectivity index (χ0) is 26.6. The van der Waals surface area contributed by atoms with Crippen LogP contribution in [0.5, 0.6) is 5.75 Å². The van der Waals surface area contributed by atoms with Gasteiger partial charge < -0.3 is 10.1 Å². The topological polar surface area (TPSA) is 51.2 Å². The van der Waals surface area contributed by atoms with Crippen molar-refractivity contribution >= 4 is 16.8 Å². The van der Waals surface area contributed by atoms with E-state index in [1.807, 2.05) is 24.3 Å². The molecule has 2 heterocycles. The summed E-state index contributed by atoms with van der Waals surface area (Å²) in [6.45, 7) is 0.412. The van der Waals surface area contributed by atoms with Crippen LogP contribution in [0.2, 0.25) is 0 Å². The number of nitrogens with one attached hydrogen (secondary N) is 1. The quantitative estimate of drug-likeness (QED) is 0.233. The number of carbonyl (C=O) groups excluding carboxylic acids is 1. The molecule has 0 saturated heterocycles. The normalized spacial score (nSPS) is 20.4. The van der Waals surface area contributed by atoms with Gasteiger partial charge in [-0.3, -0.25) is 9.78 Å². The molecular weight excluding hydrogens is 503 g/mol. The number of rotatable bonds is 4. The van der Waals surface area contributed by atoms with Gasteiger partial charge in [-0.05, 0) is 48.6 Å². The first-order valence-corrected chi connectivity index (χ1v) is 12.2. The van der Waals surface area contributed by atoms with Crippen molar-refractivity contribution in [3.63, 3.8) is 0 Å². The van der Waals surface area contributed by atoms with Gasteiger partial charge in [-0.1, -0.05) is 18.2 Å². The van der Waals surface area contributed by atoms with Crippen molar-refractivity contribution in [2.45, 2.75) is 37.4 Å². The van der Waals surface area contributed by atoms with Gasteiger partial charge in [0.1, 0.15) is 23.6 Å². The van der Waals surface area contributed by atoms with Crippen LogP contribution in [0.1, 0.15) is 52.7 Å². The maximum atomic E-state index is 15.0. The number of aromatic nitrogens is 1. The summed E-state index contributed by atoms with van der Waals surface area (Å²) in [5.74, 6) is -5.06. The second-order valence-electron chi connectivity index (χ2n) is 9.62. The Balaban J connectivity index is 1.48. The Hall–Kier alpha value is -4.01. The van der Waals surface area contributed by atoms with Crippen molar-refractivity contribution in [1.29, 1.82) is 0 Å². The highest BCUT2D eigenvalue weighted by molar-refractivity contribution is 6.04. The van der Waals surface area contributed by atoms with Crippen molar-refractivity contribution in [2.75, 3.05) is 6.61 Å². The van der Waals surface area contributed by atoms with E-state index in [2.05, 4.69) is 10.3 Å². The molecule has 0 radical (unpaired) electrons. The smallest absolute Gasteiger partial charge is 0.253 e. The molecule has 1 aliphatic heterocycles.